The highest BCUT2D eigenvalue weighted by atomic mass is 15.3. The van der Waals surface area contributed by atoms with E-state index in [2.05, 4.69) is 168 Å². The molecular formula is C46H31N5. The van der Waals surface area contributed by atoms with Crippen LogP contribution in [0, 0.1) is 0 Å². The molecule has 5 nitrogen and oxygen atoms in total. The molecule has 0 bridgehead atoms. The third-order valence-electron chi connectivity index (χ3n) is 9.85. The Kier molecular flexibility index (Phi) is 6.81. The molecule has 1 N–H and O–H groups in total. The molecule has 5 heteroatoms. The highest BCUT2D eigenvalue weighted by molar-refractivity contribution is 6.18. The van der Waals surface area contributed by atoms with Gasteiger partial charge in [0.2, 0.25) is 0 Å². The molecule has 1 aromatic heterocycles. The number of hydrogen-bond acceptors (Lipinski definition) is 5. The average molecular weight is 654 g/mol. The van der Waals surface area contributed by atoms with Crippen LogP contribution in [0.15, 0.2) is 176 Å². The van der Waals surface area contributed by atoms with Crippen LogP contribution < -0.4 is 10.2 Å². The molecule has 0 spiro atoms. The third kappa shape index (κ3) is 5.06. The van der Waals surface area contributed by atoms with E-state index < -0.39 is 0 Å². The maximum Gasteiger partial charge on any atom is 0.164 e. The summed E-state index contributed by atoms with van der Waals surface area (Å²) in [4.78, 5) is 17.7. The summed E-state index contributed by atoms with van der Waals surface area (Å²) >= 11 is 0. The van der Waals surface area contributed by atoms with E-state index in [9.17, 15) is 0 Å². The van der Waals surface area contributed by atoms with Gasteiger partial charge in [0, 0.05) is 27.8 Å². The number of benzene rings is 8. The van der Waals surface area contributed by atoms with Crippen LogP contribution in [0.5, 0.6) is 0 Å². The molecule has 0 aliphatic carbocycles. The van der Waals surface area contributed by atoms with Crippen LogP contribution in [0.25, 0.3) is 66.5 Å². The fraction of sp³-hybridized carbons (Fsp3) is 0.0217. The van der Waals surface area contributed by atoms with Gasteiger partial charge < -0.3 is 10.2 Å². The van der Waals surface area contributed by atoms with E-state index >= 15 is 0 Å². The lowest BCUT2D eigenvalue weighted by Crippen LogP contribution is -2.23. The minimum Gasteiger partial charge on any atom is -0.359 e. The summed E-state index contributed by atoms with van der Waals surface area (Å²) in [6, 6.07) is 61.7. The lowest BCUT2D eigenvalue weighted by Gasteiger charge is -2.28. The van der Waals surface area contributed by atoms with E-state index in [4.69, 9.17) is 15.0 Å². The molecule has 0 radical (unpaired) electrons. The summed E-state index contributed by atoms with van der Waals surface area (Å²) < 4.78 is 0. The fourth-order valence-corrected chi connectivity index (χ4v) is 7.39. The quantitative estimate of drug-likeness (QED) is 0.187. The molecule has 1 aliphatic rings. The summed E-state index contributed by atoms with van der Waals surface area (Å²) in [5.41, 5.74) is 7.43. The van der Waals surface area contributed by atoms with E-state index in [0.717, 1.165) is 49.9 Å². The van der Waals surface area contributed by atoms with Gasteiger partial charge in [0.25, 0.3) is 0 Å². The van der Waals surface area contributed by atoms with Crippen molar-refractivity contribution in [2.75, 3.05) is 10.2 Å². The molecule has 9 aromatic rings. The van der Waals surface area contributed by atoms with Crippen molar-refractivity contribution in [1.82, 2.24) is 15.0 Å². The smallest absolute Gasteiger partial charge is 0.164 e. The molecule has 1 atom stereocenters. The number of aromatic nitrogens is 3. The van der Waals surface area contributed by atoms with Crippen LogP contribution >= 0.6 is 0 Å². The number of para-hydroxylation sites is 1. The number of rotatable bonds is 5. The fourth-order valence-electron chi connectivity index (χ4n) is 7.39. The molecule has 0 saturated carbocycles. The van der Waals surface area contributed by atoms with Crippen LogP contribution in [-0.2, 0) is 0 Å². The van der Waals surface area contributed by atoms with Crippen molar-refractivity contribution in [2.45, 2.75) is 6.17 Å². The van der Waals surface area contributed by atoms with Crippen molar-refractivity contribution >= 4 is 49.4 Å². The van der Waals surface area contributed by atoms with Crippen molar-refractivity contribution in [3.63, 3.8) is 0 Å². The molecular weight excluding hydrogens is 623 g/mol. The molecule has 8 aromatic carbocycles. The average Bonchev–Trinajstić information content (AvgIpc) is 3.61. The van der Waals surface area contributed by atoms with Gasteiger partial charge >= 0.3 is 0 Å². The topological polar surface area (TPSA) is 53.9 Å². The predicted octanol–water partition coefficient (Wildman–Crippen LogP) is 11.6. The van der Waals surface area contributed by atoms with Crippen LogP contribution in [0.2, 0.25) is 0 Å². The molecule has 0 fully saturated rings. The summed E-state index contributed by atoms with van der Waals surface area (Å²) in [5.74, 6) is 1.93. The van der Waals surface area contributed by atoms with Gasteiger partial charge in [-0.05, 0) is 62.8 Å². The Bertz CT molecular complexity index is 2730. The molecule has 51 heavy (non-hydrogen) atoms. The molecule has 1 aliphatic heterocycles. The molecule has 10 rings (SSSR count). The Morgan fingerprint density at radius 3 is 1.73 bits per heavy atom. The Hall–Kier alpha value is -6.85. The second kappa shape index (κ2) is 11.9. The molecule has 0 amide bonds. The Balaban J connectivity index is 1.19. The molecule has 240 valence electrons. The van der Waals surface area contributed by atoms with Crippen molar-refractivity contribution in [3.05, 3.63) is 181 Å². The van der Waals surface area contributed by atoms with Gasteiger partial charge in [-0.1, -0.05) is 146 Å². The van der Waals surface area contributed by atoms with E-state index in [0.29, 0.717) is 17.5 Å². The Morgan fingerprint density at radius 1 is 0.431 bits per heavy atom. The van der Waals surface area contributed by atoms with Gasteiger partial charge in [0.15, 0.2) is 17.5 Å². The van der Waals surface area contributed by atoms with Gasteiger partial charge in [-0.2, -0.15) is 0 Å². The first kappa shape index (κ1) is 29.1. The van der Waals surface area contributed by atoms with Crippen LogP contribution in [0.3, 0.4) is 0 Å². The highest BCUT2D eigenvalue weighted by Crippen LogP contribution is 2.51. The summed E-state index contributed by atoms with van der Waals surface area (Å²) in [7, 11) is 0. The largest absolute Gasteiger partial charge is 0.359 e. The van der Waals surface area contributed by atoms with Gasteiger partial charge in [0.1, 0.15) is 6.17 Å². The maximum absolute atomic E-state index is 5.13. The normalized spacial score (nSPS) is 13.8. The number of nitrogens with zero attached hydrogens (tertiary/aromatic N) is 4. The second-order valence-electron chi connectivity index (χ2n) is 13.0. The zero-order valence-corrected chi connectivity index (χ0v) is 27.6. The number of nitrogens with one attached hydrogen (secondary N) is 1. The summed E-state index contributed by atoms with van der Waals surface area (Å²) in [6.07, 6.45) is -0.0610. The first-order valence-electron chi connectivity index (χ1n) is 17.2. The molecule has 2 heterocycles. The van der Waals surface area contributed by atoms with E-state index in [-0.39, 0.29) is 6.17 Å². The first-order valence-corrected chi connectivity index (χ1v) is 17.2. The van der Waals surface area contributed by atoms with Crippen LogP contribution in [0.4, 0.5) is 17.1 Å². The van der Waals surface area contributed by atoms with Crippen molar-refractivity contribution < 1.29 is 0 Å². The number of anilines is 3. The summed E-state index contributed by atoms with van der Waals surface area (Å²) in [6.45, 7) is 0. The second-order valence-corrected chi connectivity index (χ2v) is 13.0. The minimum atomic E-state index is -0.0610. The van der Waals surface area contributed by atoms with Crippen molar-refractivity contribution in [3.8, 4) is 34.2 Å². The van der Waals surface area contributed by atoms with Gasteiger partial charge in [-0.15, -0.1) is 0 Å². The van der Waals surface area contributed by atoms with E-state index in [1.54, 1.807) is 0 Å². The first-order chi connectivity index (χ1) is 25.3. The monoisotopic (exact) mass is 653 g/mol. The third-order valence-corrected chi connectivity index (χ3v) is 9.85. The molecule has 0 saturated heterocycles. The van der Waals surface area contributed by atoms with Crippen molar-refractivity contribution in [1.29, 1.82) is 0 Å². The van der Waals surface area contributed by atoms with Gasteiger partial charge in [-0.3, -0.25) is 0 Å². The lowest BCUT2D eigenvalue weighted by molar-refractivity contribution is 0.830. The zero-order chi connectivity index (χ0) is 33.7. The highest BCUT2D eigenvalue weighted by Gasteiger charge is 2.33. The van der Waals surface area contributed by atoms with Crippen molar-refractivity contribution in [2.24, 2.45) is 0 Å². The van der Waals surface area contributed by atoms with Gasteiger partial charge in [-0.25, -0.2) is 15.0 Å². The Morgan fingerprint density at radius 2 is 0.980 bits per heavy atom. The number of fused-ring (bicyclic) bond motifs is 6. The lowest BCUT2D eigenvalue weighted by atomic mass is 9.97. The standard InChI is InChI=1S/C46H31N5/c1-4-13-33(14-5-1)43-48-44(36-24-20-30-12-10-11-17-35(30)28-36)50-45(49-43)37-25-22-31-21-23-32-26-27-40-42(41(32)39(31)29-37)51(38-18-8-3-9-19-38)46(47-40)34-15-6-2-7-16-34/h1-29,46-47H. The zero-order valence-electron chi connectivity index (χ0n) is 27.6. The molecule has 1 unspecified atom stereocenters. The predicted molar refractivity (Wildman–Crippen MR) is 210 cm³/mol. The van der Waals surface area contributed by atoms with E-state index in [1.807, 2.05) is 18.2 Å². The number of hydrogen-bond donors (Lipinski definition) is 1. The SMILES string of the molecule is c1ccc(-c2nc(-c3ccc4ccccc4c3)nc(-c3ccc4ccc5ccc6c(c5c4c3)N(c3ccccc3)C(c3ccccc3)N6)n2)cc1. The summed E-state index contributed by atoms with van der Waals surface area (Å²) in [5, 5.41) is 10.9. The van der Waals surface area contributed by atoms with Gasteiger partial charge in [0.05, 0.1) is 11.4 Å². The maximum atomic E-state index is 5.13. The van der Waals surface area contributed by atoms with E-state index in [1.165, 1.54) is 21.7 Å². The Labute approximate surface area is 295 Å². The van der Waals surface area contributed by atoms with Crippen LogP contribution in [-0.4, -0.2) is 15.0 Å². The minimum absolute atomic E-state index is 0.0610. The van der Waals surface area contributed by atoms with Crippen LogP contribution in [0.1, 0.15) is 11.7 Å².